The molecule has 5 heteroatoms. The lowest BCUT2D eigenvalue weighted by Gasteiger charge is -2.43. The van der Waals surface area contributed by atoms with Crippen molar-refractivity contribution in [3.63, 3.8) is 0 Å². The number of rotatable bonds is 3. The summed E-state index contributed by atoms with van der Waals surface area (Å²) in [7, 11) is -2.86. The van der Waals surface area contributed by atoms with Crippen LogP contribution in [0, 0.1) is 5.92 Å². The highest BCUT2D eigenvalue weighted by Gasteiger charge is 2.46. The molecular weight excluding hydrogens is 236 g/mol. The third-order valence-corrected chi connectivity index (χ3v) is 6.41. The van der Waals surface area contributed by atoms with Gasteiger partial charge in [0, 0.05) is 12.1 Å². The average Bonchev–Trinajstić information content (AvgIpc) is 2.66. The maximum absolute atomic E-state index is 11.7. The molecule has 0 amide bonds. The van der Waals surface area contributed by atoms with Gasteiger partial charge >= 0.3 is 0 Å². The predicted octanol–water partition coefficient (Wildman–Crippen LogP) is 0.624. The molecule has 4 nitrogen and oxygen atoms in total. The van der Waals surface area contributed by atoms with Crippen LogP contribution in [0.5, 0.6) is 0 Å². The van der Waals surface area contributed by atoms with E-state index in [1.165, 1.54) is 19.3 Å². The van der Waals surface area contributed by atoms with E-state index in [2.05, 4.69) is 11.8 Å². The van der Waals surface area contributed by atoms with Crippen molar-refractivity contribution in [3.05, 3.63) is 0 Å². The molecule has 1 unspecified atom stereocenters. The second kappa shape index (κ2) is 4.86. The summed E-state index contributed by atoms with van der Waals surface area (Å²) < 4.78 is 23.4. The monoisotopic (exact) mass is 260 g/mol. The van der Waals surface area contributed by atoms with Crippen LogP contribution >= 0.6 is 0 Å². The zero-order chi connectivity index (χ0) is 12.5. The first-order valence-electron chi connectivity index (χ1n) is 6.67. The minimum atomic E-state index is -2.86. The van der Waals surface area contributed by atoms with Crippen LogP contribution in [0.4, 0.5) is 0 Å². The van der Waals surface area contributed by atoms with E-state index in [9.17, 15) is 8.42 Å². The van der Waals surface area contributed by atoms with Crippen molar-refractivity contribution in [2.75, 3.05) is 31.1 Å². The highest BCUT2D eigenvalue weighted by atomic mass is 32.2. The van der Waals surface area contributed by atoms with Crippen LogP contribution in [0.15, 0.2) is 0 Å². The Bertz CT molecular complexity index is 361. The zero-order valence-electron chi connectivity index (χ0n) is 10.7. The molecule has 0 aromatic carbocycles. The molecule has 0 bridgehead atoms. The number of hydrogen-bond acceptors (Lipinski definition) is 4. The molecule has 0 aliphatic carbocycles. The molecule has 0 saturated carbocycles. The van der Waals surface area contributed by atoms with Crippen LogP contribution < -0.4 is 5.73 Å². The highest BCUT2D eigenvalue weighted by Crippen LogP contribution is 2.33. The molecule has 17 heavy (non-hydrogen) atoms. The van der Waals surface area contributed by atoms with Crippen LogP contribution in [0.25, 0.3) is 0 Å². The van der Waals surface area contributed by atoms with Gasteiger partial charge in [0.05, 0.1) is 11.5 Å². The van der Waals surface area contributed by atoms with Crippen LogP contribution in [0.3, 0.4) is 0 Å². The van der Waals surface area contributed by atoms with Crippen LogP contribution in [0.1, 0.15) is 32.6 Å². The van der Waals surface area contributed by atoms with E-state index >= 15 is 0 Å². The molecule has 2 rings (SSSR count). The minimum Gasteiger partial charge on any atom is -0.329 e. The van der Waals surface area contributed by atoms with Crippen LogP contribution in [0.2, 0.25) is 0 Å². The van der Waals surface area contributed by atoms with Crippen molar-refractivity contribution in [1.82, 2.24) is 4.90 Å². The number of hydrogen-bond donors (Lipinski definition) is 1. The third-order valence-electron chi connectivity index (χ3n) is 4.61. The summed E-state index contributed by atoms with van der Waals surface area (Å²) in [6.45, 7) is 4.75. The van der Waals surface area contributed by atoms with Gasteiger partial charge in [-0.2, -0.15) is 0 Å². The minimum absolute atomic E-state index is 0.252. The van der Waals surface area contributed by atoms with E-state index in [4.69, 9.17) is 5.73 Å². The quantitative estimate of drug-likeness (QED) is 0.808. The van der Waals surface area contributed by atoms with Gasteiger partial charge in [-0.05, 0) is 38.3 Å². The standard InChI is InChI=1S/C12H24N2O2S/c1-2-11-3-6-14(7-4-11)12(9-13)5-8-17(15,16)10-12/h11H,2-10,13H2,1H3. The molecule has 2 aliphatic heterocycles. The first kappa shape index (κ1) is 13.3. The molecule has 2 fully saturated rings. The van der Waals surface area contributed by atoms with Gasteiger partial charge in [0.15, 0.2) is 9.84 Å². The highest BCUT2D eigenvalue weighted by molar-refractivity contribution is 7.91. The summed E-state index contributed by atoms with van der Waals surface area (Å²) in [5.41, 5.74) is 5.63. The van der Waals surface area contributed by atoms with Crippen molar-refractivity contribution < 1.29 is 8.42 Å². The Morgan fingerprint density at radius 1 is 1.35 bits per heavy atom. The fraction of sp³-hybridized carbons (Fsp3) is 1.00. The number of nitrogens with two attached hydrogens (primary N) is 1. The smallest absolute Gasteiger partial charge is 0.152 e. The summed E-state index contributed by atoms with van der Waals surface area (Å²) in [6.07, 6.45) is 4.35. The number of sulfone groups is 1. The largest absolute Gasteiger partial charge is 0.329 e. The Balaban J connectivity index is 2.05. The van der Waals surface area contributed by atoms with Gasteiger partial charge in [0.1, 0.15) is 0 Å². The van der Waals surface area contributed by atoms with Crippen molar-refractivity contribution >= 4 is 9.84 Å². The summed E-state index contributed by atoms with van der Waals surface area (Å²) in [6, 6.07) is 0. The lowest BCUT2D eigenvalue weighted by molar-refractivity contribution is 0.0715. The SMILES string of the molecule is CCC1CCN(C2(CN)CCS(=O)(=O)C2)CC1. The Labute approximate surface area is 104 Å². The predicted molar refractivity (Wildman–Crippen MR) is 69.6 cm³/mol. The normalized spacial score (nSPS) is 35.2. The Morgan fingerprint density at radius 2 is 2.00 bits per heavy atom. The molecule has 2 N–H and O–H groups in total. The van der Waals surface area contributed by atoms with Gasteiger partial charge in [-0.1, -0.05) is 13.3 Å². The van der Waals surface area contributed by atoms with Crippen molar-refractivity contribution in [2.45, 2.75) is 38.1 Å². The topological polar surface area (TPSA) is 63.4 Å². The third kappa shape index (κ3) is 2.66. The molecular formula is C12H24N2O2S. The Morgan fingerprint density at radius 3 is 2.41 bits per heavy atom. The van der Waals surface area contributed by atoms with Gasteiger partial charge in [0.25, 0.3) is 0 Å². The molecule has 0 radical (unpaired) electrons. The Hall–Kier alpha value is -0.130. The fourth-order valence-corrected chi connectivity index (χ4v) is 5.35. The van der Waals surface area contributed by atoms with Gasteiger partial charge in [0.2, 0.25) is 0 Å². The van der Waals surface area contributed by atoms with E-state index in [1.807, 2.05) is 0 Å². The maximum atomic E-state index is 11.7. The molecule has 0 spiro atoms. The number of likely N-dealkylation sites (tertiary alicyclic amines) is 1. The van der Waals surface area contributed by atoms with E-state index in [-0.39, 0.29) is 11.3 Å². The maximum Gasteiger partial charge on any atom is 0.152 e. The first-order valence-corrected chi connectivity index (χ1v) is 8.49. The summed E-state index contributed by atoms with van der Waals surface area (Å²) in [5, 5.41) is 0. The van der Waals surface area contributed by atoms with Crippen molar-refractivity contribution in [1.29, 1.82) is 0 Å². The molecule has 100 valence electrons. The van der Waals surface area contributed by atoms with Gasteiger partial charge in [-0.15, -0.1) is 0 Å². The van der Waals surface area contributed by atoms with Gasteiger partial charge in [-0.3, -0.25) is 4.90 Å². The fourth-order valence-electron chi connectivity index (χ4n) is 3.25. The molecule has 1 atom stereocenters. The molecule has 0 aromatic rings. The van der Waals surface area contributed by atoms with Crippen LogP contribution in [-0.2, 0) is 9.84 Å². The summed E-state index contributed by atoms with van der Waals surface area (Å²) in [5.74, 6) is 1.41. The van der Waals surface area contributed by atoms with E-state index < -0.39 is 9.84 Å². The van der Waals surface area contributed by atoms with Gasteiger partial charge in [-0.25, -0.2) is 8.42 Å². The second-order valence-corrected chi connectivity index (χ2v) is 7.79. The van der Waals surface area contributed by atoms with Gasteiger partial charge < -0.3 is 5.73 Å². The van der Waals surface area contributed by atoms with Crippen LogP contribution in [-0.4, -0.2) is 50.0 Å². The zero-order valence-corrected chi connectivity index (χ0v) is 11.5. The van der Waals surface area contributed by atoms with E-state index in [1.54, 1.807) is 0 Å². The summed E-state index contributed by atoms with van der Waals surface area (Å²) >= 11 is 0. The lowest BCUT2D eigenvalue weighted by Crippen LogP contribution is -2.57. The van der Waals surface area contributed by atoms with E-state index in [0.717, 1.165) is 25.4 Å². The first-order chi connectivity index (χ1) is 8.01. The average molecular weight is 260 g/mol. The van der Waals surface area contributed by atoms with Crippen molar-refractivity contribution in [2.24, 2.45) is 11.7 Å². The molecule has 2 saturated heterocycles. The number of nitrogens with zero attached hydrogens (tertiary/aromatic N) is 1. The summed E-state index contributed by atoms with van der Waals surface area (Å²) in [4.78, 5) is 2.35. The molecule has 0 aromatic heterocycles. The van der Waals surface area contributed by atoms with E-state index in [0.29, 0.717) is 12.3 Å². The Kier molecular flexibility index (Phi) is 3.80. The second-order valence-electron chi connectivity index (χ2n) is 5.61. The molecule has 2 heterocycles. The van der Waals surface area contributed by atoms with Crippen molar-refractivity contribution in [3.8, 4) is 0 Å². The lowest BCUT2D eigenvalue weighted by atomic mass is 9.88. The molecule has 2 aliphatic rings. The number of piperidine rings is 1.